The maximum Gasteiger partial charge on any atom is 0.345 e. The molecule has 0 aliphatic rings. The predicted molar refractivity (Wildman–Crippen MR) is 100 cm³/mol. The van der Waals surface area contributed by atoms with Crippen molar-refractivity contribution in [3.63, 3.8) is 0 Å². The fraction of sp³-hybridized carbons (Fsp3) is 0.0588. The SMILES string of the molecule is Cc1ccc(S(=O)(=O)c2nc(OC(=O)c3ccc(Cl)cc3)sc2Cl)cc1. The first-order valence-electron chi connectivity index (χ1n) is 7.23. The van der Waals surface area contributed by atoms with Crippen molar-refractivity contribution >= 4 is 50.3 Å². The second-order valence-electron chi connectivity index (χ2n) is 5.27. The number of hydrogen-bond acceptors (Lipinski definition) is 6. The number of carbonyl (C=O) groups is 1. The van der Waals surface area contributed by atoms with Crippen LogP contribution in [0.5, 0.6) is 5.19 Å². The maximum atomic E-state index is 12.7. The minimum atomic E-state index is -3.91. The highest BCUT2D eigenvalue weighted by Gasteiger charge is 2.27. The van der Waals surface area contributed by atoms with E-state index in [1.807, 2.05) is 6.92 Å². The molecule has 3 rings (SSSR count). The highest BCUT2D eigenvalue weighted by Crippen LogP contribution is 2.36. The first kappa shape index (κ1) is 18.8. The van der Waals surface area contributed by atoms with Gasteiger partial charge >= 0.3 is 5.97 Å². The van der Waals surface area contributed by atoms with Gasteiger partial charge in [-0.1, -0.05) is 52.2 Å². The Hall–Kier alpha value is -1.93. The first-order chi connectivity index (χ1) is 12.3. The Labute approximate surface area is 164 Å². The molecule has 1 heterocycles. The van der Waals surface area contributed by atoms with Crippen LogP contribution in [0.15, 0.2) is 58.5 Å². The number of thiazole rings is 1. The fourth-order valence-corrected chi connectivity index (χ4v) is 4.89. The lowest BCUT2D eigenvalue weighted by Gasteiger charge is -2.02. The van der Waals surface area contributed by atoms with Gasteiger partial charge in [-0.3, -0.25) is 0 Å². The normalized spacial score (nSPS) is 11.3. The van der Waals surface area contributed by atoms with Gasteiger partial charge < -0.3 is 4.74 Å². The van der Waals surface area contributed by atoms with Crippen LogP contribution < -0.4 is 4.74 Å². The van der Waals surface area contributed by atoms with E-state index >= 15 is 0 Å². The number of esters is 1. The van der Waals surface area contributed by atoms with Gasteiger partial charge in [-0.15, -0.1) is 0 Å². The summed E-state index contributed by atoms with van der Waals surface area (Å²) in [5.74, 6) is -0.689. The van der Waals surface area contributed by atoms with E-state index in [2.05, 4.69) is 4.98 Å². The van der Waals surface area contributed by atoms with Gasteiger partial charge in [0.05, 0.1) is 10.5 Å². The van der Waals surface area contributed by atoms with Crippen LogP contribution >= 0.6 is 34.5 Å². The molecule has 2 aromatic carbocycles. The van der Waals surface area contributed by atoms with Gasteiger partial charge in [0.15, 0.2) is 5.03 Å². The smallest absolute Gasteiger partial charge is 0.345 e. The molecular weight excluding hydrogens is 417 g/mol. The van der Waals surface area contributed by atoms with Gasteiger partial charge in [-0.2, -0.15) is 4.98 Å². The fourth-order valence-electron chi connectivity index (χ4n) is 2.03. The minimum absolute atomic E-state index is 0.0610. The molecule has 0 radical (unpaired) electrons. The summed E-state index contributed by atoms with van der Waals surface area (Å²) >= 11 is 12.6. The molecule has 26 heavy (non-hydrogen) atoms. The molecule has 0 N–H and O–H groups in total. The third-order valence-corrected chi connectivity index (χ3v) is 6.71. The number of ether oxygens (including phenoxy) is 1. The van der Waals surface area contributed by atoms with E-state index in [-0.39, 0.29) is 25.0 Å². The second-order valence-corrected chi connectivity index (χ2v) is 9.14. The molecule has 0 unspecified atom stereocenters. The summed E-state index contributed by atoms with van der Waals surface area (Å²) < 4.78 is 30.4. The summed E-state index contributed by atoms with van der Waals surface area (Å²) in [5, 5.41) is -0.0158. The number of sulfone groups is 1. The van der Waals surface area contributed by atoms with Crippen molar-refractivity contribution in [2.75, 3.05) is 0 Å². The van der Waals surface area contributed by atoms with Crippen molar-refractivity contribution in [2.45, 2.75) is 16.8 Å². The largest absolute Gasteiger partial charge is 0.394 e. The molecule has 0 atom stereocenters. The van der Waals surface area contributed by atoms with Crippen LogP contribution in [0.3, 0.4) is 0 Å². The topological polar surface area (TPSA) is 73.3 Å². The molecule has 1 aromatic heterocycles. The van der Waals surface area contributed by atoms with Crippen LogP contribution in [0.4, 0.5) is 0 Å². The molecular formula is C17H11Cl2NO4S2. The molecule has 5 nitrogen and oxygen atoms in total. The van der Waals surface area contributed by atoms with E-state index in [0.29, 0.717) is 5.02 Å². The van der Waals surface area contributed by atoms with Crippen LogP contribution in [-0.4, -0.2) is 19.4 Å². The highest BCUT2D eigenvalue weighted by atomic mass is 35.5. The number of aromatic nitrogens is 1. The maximum absolute atomic E-state index is 12.7. The lowest BCUT2D eigenvalue weighted by molar-refractivity contribution is 0.0733. The average molecular weight is 428 g/mol. The summed E-state index contributed by atoms with van der Waals surface area (Å²) in [6, 6.07) is 12.4. The third kappa shape index (κ3) is 3.91. The second kappa shape index (κ2) is 7.36. The number of benzene rings is 2. The van der Waals surface area contributed by atoms with Crippen molar-refractivity contribution in [1.29, 1.82) is 0 Å². The van der Waals surface area contributed by atoms with Gasteiger partial charge in [-0.25, -0.2) is 13.2 Å². The van der Waals surface area contributed by atoms with Gasteiger partial charge in [0.25, 0.3) is 5.19 Å². The summed E-state index contributed by atoms with van der Waals surface area (Å²) in [6.45, 7) is 1.85. The van der Waals surface area contributed by atoms with Crippen LogP contribution in [0, 0.1) is 6.92 Å². The highest BCUT2D eigenvalue weighted by molar-refractivity contribution is 7.91. The Morgan fingerprint density at radius 1 is 1.04 bits per heavy atom. The van der Waals surface area contributed by atoms with E-state index in [1.54, 1.807) is 24.3 Å². The molecule has 134 valence electrons. The summed E-state index contributed by atoms with van der Waals surface area (Å²) in [4.78, 5) is 16.1. The zero-order valence-corrected chi connectivity index (χ0v) is 16.4. The monoisotopic (exact) mass is 427 g/mol. The molecule has 0 fully saturated rings. The number of nitrogens with zero attached hydrogens (tertiary/aromatic N) is 1. The molecule has 0 saturated heterocycles. The molecule has 0 bridgehead atoms. The Morgan fingerprint density at radius 3 is 2.27 bits per heavy atom. The first-order valence-corrected chi connectivity index (χ1v) is 10.3. The van der Waals surface area contributed by atoms with Crippen molar-refractivity contribution in [3.05, 3.63) is 69.0 Å². The number of aryl methyl sites for hydroxylation is 1. The lowest BCUT2D eigenvalue weighted by atomic mass is 10.2. The van der Waals surface area contributed by atoms with E-state index in [4.69, 9.17) is 27.9 Å². The summed E-state index contributed by atoms with van der Waals surface area (Å²) in [6.07, 6.45) is 0. The van der Waals surface area contributed by atoms with E-state index in [0.717, 1.165) is 16.9 Å². The van der Waals surface area contributed by atoms with E-state index < -0.39 is 15.8 Å². The molecule has 0 saturated carbocycles. The molecule has 0 aliphatic heterocycles. The number of carbonyl (C=O) groups excluding carboxylic acids is 1. The molecule has 3 aromatic rings. The van der Waals surface area contributed by atoms with Crippen LogP contribution in [-0.2, 0) is 9.84 Å². The zero-order valence-electron chi connectivity index (χ0n) is 13.3. The Morgan fingerprint density at radius 2 is 1.65 bits per heavy atom. The third-order valence-electron chi connectivity index (χ3n) is 3.38. The summed E-state index contributed by atoms with van der Waals surface area (Å²) in [7, 11) is -3.91. The van der Waals surface area contributed by atoms with Crippen molar-refractivity contribution in [2.24, 2.45) is 0 Å². The standard InChI is InChI=1S/C17H11Cl2NO4S2/c1-10-2-8-13(9-3-10)26(22,23)15-14(19)25-17(20-15)24-16(21)11-4-6-12(18)7-5-11/h2-9H,1H3. The van der Waals surface area contributed by atoms with Gasteiger partial charge in [0, 0.05) is 5.02 Å². The van der Waals surface area contributed by atoms with Crippen LogP contribution in [0.1, 0.15) is 15.9 Å². The Kier molecular flexibility index (Phi) is 5.34. The molecule has 9 heteroatoms. The number of hydrogen-bond donors (Lipinski definition) is 0. The zero-order chi connectivity index (χ0) is 18.9. The van der Waals surface area contributed by atoms with Gasteiger partial charge in [0.2, 0.25) is 9.84 Å². The summed E-state index contributed by atoms with van der Waals surface area (Å²) in [5.41, 5.74) is 1.18. The van der Waals surface area contributed by atoms with Gasteiger partial charge in [0.1, 0.15) is 4.34 Å². The van der Waals surface area contributed by atoms with Crippen molar-refractivity contribution < 1.29 is 17.9 Å². The Bertz CT molecular complexity index is 1060. The van der Waals surface area contributed by atoms with Crippen molar-refractivity contribution in [1.82, 2.24) is 4.98 Å². The van der Waals surface area contributed by atoms with Crippen LogP contribution in [0.25, 0.3) is 0 Å². The minimum Gasteiger partial charge on any atom is -0.394 e. The predicted octanol–water partition coefficient (Wildman–Crippen LogP) is 4.81. The molecule has 0 amide bonds. The van der Waals surface area contributed by atoms with Gasteiger partial charge in [-0.05, 0) is 43.3 Å². The lowest BCUT2D eigenvalue weighted by Crippen LogP contribution is -2.08. The molecule has 0 spiro atoms. The Balaban J connectivity index is 1.88. The molecule has 0 aliphatic carbocycles. The van der Waals surface area contributed by atoms with E-state index in [9.17, 15) is 13.2 Å². The van der Waals surface area contributed by atoms with Crippen molar-refractivity contribution in [3.8, 4) is 5.19 Å². The quantitative estimate of drug-likeness (QED) is 0.558. The number of rotatable bonds is 4. The van der Waals surface area contributed by atoms with E-state index in [1.165, 1.54) is 24.3 Å². The average Bonchev–Trinajstić information content (AvgIpc) is 2.97. The number of halogens is 2. The van der Waals surface area contributed by atoms with Crippen LogP contribution in [0.2, 0.25) is 9.36 Å².